The maximum atomic E-state index is 12.0. The highest BCUT2D eigenvalue weighted by Crippen LogP contribution is 2.38. The quantitative estimate of drug-likeness (QED) is 0.817. The Labute approximate surface area is 149 Å². The number of carbonyl (C=O) groups excluding carboxylic acids is 1. The summed E-state index contributed by atoms with van der Waals surface area (Å²) in [6, 6.07) is 0. The van der Waals surface area contributed by atoms with Gasteiger partial charge in [-0.25, -0.2) is 4.79 Å². The summed E-state index contributed by atoms with van der Waals surface area (Å²) >= 11 is 0. The van der Waals surface area contributed by atoms with E-state index in [1.54, 1.807) is 12.4 Å². The lowest BCUT2D eigenvalue weighted by atomic mass is 9.77. The fraction of sp³-hybridized carbons (Fsp3) is 0.647. The van der Waals surface area contributed by atoms with Gasteiger partial charge in [0.15, 0.2) is 0 Å². The number of aromatic amines is 1. The van der Waals surface area contributed by atoms with Crippen molar-refractivity contribution in [1.29, 1.82) is 0 Å². The number of ether oxygens (including phenoxy) is 1. The Kier molecular flexibility index (Phi) is 5.34. The van der Waals surface area contributed by atoms with Crippen LogP contribution in [-0.4, -0.2) is 46.8 Å². The first-order valence-corrected chi connectivity index (χ1v) is 8.41. The van der Waals surface area contributed by atoms with Crippen molar-refractivity contribution in [3.63, 3.8) is 0 Å². The van der Waals surface area contributed by atoms with Crippen LogP contribution in [0.1, 0.15) is 54.0 Å². The van der Waals surface area contributed by atoms with E-state index in [2.05, 4.69) is 15.5 Å². The lowest BCUT2D eigenvalue weighted by molar-refractivity contribution is 0.00578. The summed E-state index contributed by atoms with van der Waals surface area (Å²) in [4.78, 5) is 12.0. The van der Waals surface area contributed by atoms with Crippen molar-refractivity contribution < 1.29 is 18.8 Å². The van der Waals surface area contributed by atoms with Gasteiger partial charge in [-0.3, -0.25) is 5.10 Å². The highest BCUT2D eigenvalue weighted by Gasteiger charge is 2.52. The second-order valence-electron chi connectivity index (χ2n) is 8.19. The number of hydrogen-bond acceptors (Lipinski definition) is 5. The molecule has 2 heterocycles. The molecule has 0 spiro atoms. The van der Waals surface area contributed by atoms with Crippen LogP contribution in [-0.2, 0) is 14.0 Å². The minimum absolute atomic E-state index is 0.247. The van der Waals surface area contributed by atoms with Crippen LogP contribution in [0.15, 0.2) is 17.9 Å². The molecule has 0 unspecified atom stereocenters. The molecule has 2 N–H and O–H groups in total. The maximum Gasteiger partial charge on any atom is 0.492 e. The molecule has 8 heteroatoms. The molecule has 0 bridgehead atoms. The highest BCUT2D eigenvalue weighted by molar-refractivity contribution is 6.56. The second kappa shape index (κ2) is 6.84. The zero-order chi connectivity index (χ0) is 18.9. The van der Waals surface area contributed by atoms with E-state index in [-0.39, 0.29) is 6.54 Å². The van der Waals surface area contributed by atoms with Gasteiger partial charge in [0.05, 0.1) is 17.4 Å². The predicted octanol–water partition coefficient (Wildman–Crippen LogP) is 2.95. The van der Waals surface area contributed by atoms with Gasteiger partial charge in [-0.1, -0.05) is 6.08 Å². The highest BCUT2D eigenvalue weighted by atomic mass is 16.7. The number of alkyl carbamates (subject to hydrolysis) is 1. The fourth-order valence-corrected chi connectivity index (χ4v) is 2.24. The molecule has 0 saturated carbocycles. The van der Waals surface area contributed by atoms with Crippen molar-refractivity contribution in [1.82, 2.24) is 15.5 Å². The first-order valence-electron chi connectivity index (χ1n) is 8.41. The van der Waals surface area contributed by atoms with Gasteiger partial charge < -0.3 is 19.4 Å². The van der Waals surface area contributed by atoms with E-state index in [1.807, 2.05) is 54.5 Å². The smallest absolute Gasteiger partial charge is 0.444 e. The van der Waals surface area contributed by atoms with Crippen LogP contribution < -0.4 is 5.32 Å². The van der Waals surface area contributed by atoms with Crippen LogP contribution in [0.25, 0.3) is 6.08 Å². The number of rotatable bonds is 4. The van der Waals surface area contributed by atoms with Gasteiger partial charge >= 0.3 is 13.2 Å². The van der Waals surface area contributed by atoms with Crippen LogP contribution in [0.3, 0.4) is 0 Å². The number of H-pyrrole nitrogens is 1. The molecule has 0 aliphatic carbocycles. The fourth-order valence-electron chi connectivity index (χ4n) is 2.24. The summed E-state index contributed by atoms with van der Waals surface area (Å²) in [6.07, 6.45) is 4.86. The summed E-state index contributed by atoms with van der Waals surface area (Å²) in [5.41, 5.74) is 0.183. The van der Waals surface area contributed by atoms with Crippen LogP contribution >= 0.6 is 0 Å². The number of carbonyl (C=O) groups is 1. The summed E-state index contributed by atoms with van der Waals surface area (Å²) < 4.78 is 17.5. The molecule has 1 aliphatic rings. The van der Waals surface area contributed by atoms with Gasteiger partial charge in [-0.05, 0) is 53.9 Å². The Balaban J connectivity index is 2.14. The van der Waals surface area contributed by atoms with Crippen molar-refractivity contribution in [3.8, 4) is 0 Å². The van der Waals surface area contributed by atoms with E-state index >= 15 is 0 Å². The van der Waals surface area contributed by atoms with Crippen molar-refractivity contribution in [2.45, 2.75) is 65.3 Å². The summed E-state index contributed by atoms with van der Waals surface area (Å²) in [5, 5.41) is 9.47. The average Bonchev–Trinajstić information content (AvgIpc) is 2.99. The molecule has 1 fully saturated rings. The third kappa shape index (κ3) is 5.09. The molecule has 1 aliphatic heterocycles. The van der Waals surface area contributed by atoms with Gasteiger partial charge in [-0.15, -0.1) is 0 Å². The first-order chi connectivity index (χ1) is 11.4. The molecular weight excluding hydrogens is 321 g/mol. The van der Waals surface area contributed by atoms with E-state index in [9.17, 15) is 4.79 Å². The Morgan fingerprint density at radius 1 is 1.32 bits per heavy atom. The Bertz CT molecular complexity index is 617. The van der Waals surface area contributed by atoms with Crippen molar-refractivity contribution in [3.05, 3.63) is 23.4 Å². The molecule has 0 radical (unpaired) electrons. The van der Waals surface area contributed by atoms with E-state index < -0.39 is 30.0 Å². The molecular formula is C17H28BN3O4. The van der Waals surface area contributed by atoms with E-state index in [0.717, 1.165) is 11.0 Å². The minimum atomic E-state index is -0.560. The zero-order valence-electron chi connectivity index (χ0n) is 16.1. The van der Waals surface area contributed by atoms with E-state index in [1.165, 1.54) is 0 Å². The molecule has 1 aromatic rings. The van der Waals surface area contributed by atoms with E-state index in [4.69, 9.17) is 14.0 Å². The molecule has 25 heavy (non-hydrogen) atoms. The van der Waals surface area contributed by atoms with Gasteiger partial charge in [0.1, 0.15) is 5.60 Å². The van der Waals surface area contributed by atoms with Crippen LogP contribution in [0, 0.1) is 0 Å². The Morgan fingerprint density at radius 2 is 1.92 bits per heavy atom. The molecule has 1 aromatic heterocycles. The average molecular weight is 349 g/mol. The molecule has 7 nitrogen and oxygen atoms in total. The topological polar surface area (TPSA) is 85.5 Å². The van der Waals surface area contributed by atoms with E-state index in [0.29, 0.717) is 0 Å². The largest absolute Gasteiger partial charge is 0.492 e. The lowest BCUT2D eigenvalue weighted by Gasteiger charge is -2.32. The third-order valence-electron chi connectivity index (χ3n) is 4.26. The Morgan fingerprint density at radius 3 is 2.40 bits per heavy atom. The first kappa shape index (κ1) is 19.5. The van der Waals surface area contributed by atoms with Crippen molar-refractivity contribution in [2.75, 3.05) is 6.54 Å². The monoisotopic (exact) mass is 349 g/mol. The number of nitrogens with one attached hydrogen (secondary N) is 2. The van der Waals surface area contributed by atoms with Crippen LogP contribution in [0.4, 0.5) is 4.79 Å². The van der Waals surface area contributed by atoms with Crippen LogP contribution in [0.2, 0.25) is 0 Å². The Hall–Kier alpha value is -1.80. The lowest BCUT2D eigenvalue weighted by Crippen LogP contribution is -2.41. The van der Waals surface area contributed by atoms with Crippen LogP contribution in [0.5, 0.6) is 0 Å². The maximum absolute atomic E-state index is 12.0. The van der Waals surface area contributed by atoms with Gasteiger partial charge in [0.2, 0.25) is 0 Å². The minimum Gasteiger partial charge on any atom is -0.444 e. The molecule has 0 aromatic carbocycles. The molecule has 1 amide bonds. The summed E-state index contributed by atoms with van der Waals surface area (Å²) in [5.74, 6) is 0. The zero-order valence-corrected chi connectivity index (χ0v) is 16.1. The molecule has 1 saturated heterocycles. The number of hydrogen-bond donors (Lipinski definition) is 2. The second-order valence-corrected chi connectivity index (χ2v) is 8.19. The summed E-state index contributed by atoms with van der Waals surface area (Å²) in [7, 11) is -0.560. The standard InChI is InChI=1S/C17H28BN3O4/c1-15(2,3)23-14(22)19-11-13(8-12-9-20-21-10-12)18-24-16(4,5)17(6,7)25-18/h8-10H,11H2,1-7H3,(H,19,22)(H,20,21). The van der Waals surface area contributed by atoms with Crippen molar-refractivity contribution in [2.24, 2.45) is 0 Å². The SMILES string of the molecule is CC(C)(C)OC(=O)NCC(=Cc1cn[nH]c1)B1OC(C)(C)C(C)(C)O1. The van der Waals surface area contributed by atoms with Gasteiger partial charge in [0.25, 0.3) is 0 Å². The number of amides is 1. The van der Waals surface area contributed by atoms with Gasteiger partial charge in [-0.2, -0.15) is 5.10 Å². The summed E-state index contributed by atoms with van der Waals surface area (Å²) in [6.45, 7) is 13.7. The molecule has 138 valence electrons. The number of aromatic nitrogens is 2. The predicted molar refractivity (Wildman–Crippen MR) is 96.9 cm³/mol. The van der Waals surface area contributed by atoms with Gasteiger partial charge in [0, 0.05) is 18.3 Å². The normalized spacial score (nSPS) is 19.8. The third-order valence-corrected chi connectivity index (χ3v) is 4.26. The number of nitrogens with zero attached hydrogens (tertiary/aromatic N) is 1. The molecule has 0 atom stereocenters. The molecule has 2 rings (SSSR count). The van der Waals surface area contributed by atoms with Crippen molar-refractivity contribution >= 4 is 19.3 Å².